The number of nitrogens with zero attached hydrogens (tertiary/aromatic N) is 3. The first kappa shape index (κ1) is 14.5. The molecule has 1 spiro atoms. The summed E-state index contributed by atoms with van der Waals surface area (Å²) in [5.74, 6) is 2.70. The van der Waals surface area contributed by atoms with Crippen molar-refractivity contribution in [2.45, 2.75) is 31.7 Å². The molecule has 0 unspecified atom stereocenters. The van der Waals surface area contributed by atoms with E-state index in [0.29, 0.717) is 5.54 Å². The van der Waals surface area contributed by atoms with Crippen molar-refractivity contribution in [3.05, 3.63) is 42.2 Å². The molecule has 4 rings (SSSR count). The molecule has 0 aliphatic carbocycles. The van der Waals surface area contributed by atoms with Crippen LogP contribution in [0.4, 0.5) is 17.3 Å². The highest BCUT2D eigenvalue weighted by atomic mass is 15.2. The number of aromatic nitrogens is 2. The Morgan fingerprint density at radius 2 is 1.83 bits per heavy atom. The molecule has 0 radical (unpaired) electrons. The van der Waals surface area contributed by atoms with Gasteiger partial charge in [-0.25, -0.2) is 9.97 Å². The molecule has 0 saturated carbocycles. The van der Waals surface area contributed by atoms with Crippen molar-refractivity contribution in [2.24, 2.45) is 0 Å². The Labute approximate surface area is 137 Å². The van der Waals surface area contributed by atoms with Gasteiger partial charge in [0.1, 0.15) is 17.5 Å². The van der Waals surface area contributed by atoms with Crippen molar-refractivity contribution in [1.29, 1.82) is 0 Å². The minimum atomic E-state index is 0.420. The number of aryl methyl sites for hydroxylation is 1. The molecular weight excluding hydrogens is 286 g/mol. The molecule has 1 aromatic heterocycles. The normalized spacial score (nSPS) is 19.4. The molecule has 23 heavy (non-hydrogen) atoms. The molecule has 5 heteroatoms. The first-order valence-electron chi connectivity index (χ1n) is 8.40. The summed E-state index contributed by atoms with van der Waals surface area (Å²) in [7, 11) is 0. The lowest BCUT2D eigenvalue weighted by Gasteiger charge is -2.49. The second kappa shape index (κ2) is 5.81. The lowest BCUT2D eigenvalue weighted by atomic mass is 9.79. The van der Waals surface area contributed by atoms with Crippen molar-refractivity contribution in [3.8, 4) is 0 Å². The SMILES string of the molecule is Cc1nc(Nc2ccccc2)cc(N2CCC3(CCN3)CC2)n1. The van der Waals surface area contributed by atoms with Gasteiger partial charge in [0.15, 0.2) is 0 Å². The standard InChI is InChI=1S/C18H23N5/c1-14-20-16(22-15-5-3-2-4-6-15)13-17(21-14)23-11-8-18(9-12-23)7-10-19-18/h2-6,13,19H,7-12H2,1H3,(H,20,21,22). The van der Waals surface area contributed by atoms with Gasteiger partial charge in [-0.2, -0.15) is 0 Å². The quantitative estimate of drug-likeness (QED) is 0.913. The molecule has 120 valence electrons. The van der Waals surface area contributed by atoms with E-state index in [1.807, 2.05) is 37.3 Å². The Hall–Kier alpha value is -2.14. The number of anilines is 3. The van der Waals surface area contributed by atoms with Gasteiger partial charge >= 0.3 is 0 Å². The van der Waals surface area contributed by atoms with Crippen LogP contribution in [0.15, 0.2) is 36.4 Å². The monoisotopic (exact) mass is 309 g/mol. The van der Waals surface area contributed by atoms with Crippen LogP contribution in [-0.4, -0.2) is 35.1 Å². The number of hydrogen-bond acceptors (Lipinski definition) is 5. The summed E-state index contributed by atoms with van der Waals surface area (Å²) in [6.45, 7) is 5.26. The third-order valence-corrected chi connectivity index (χ3v) is 5.02. The van der Waals surface area contributed by atoms with E-state index in [1.54, 1.807) is 0 Å². The average Bonchev–Trinajstić information content (AvgIpc) is 2.54. The second-order valence-electron chi connectivity index (χ2n) is 6.59. The van der Waals surface area contributed by atoms with E-state index in [9.17, 15) is 0 Å². The molecule has 5 nitrogen and oxygen atoms in total. The van der Waals surface area contributed by atoms with Crippen LogP contribution >= 0.6 is 0 Å². The Morgan fingerprint density at radius 3 is 2.48 bits per heavy atom. The molecule has 2 aliphatic heterocycles. The fourth-order valence-electron chi connectivity index (χ4n) is 3.52. The minimum absolute atomic E-state index is 0.420. The summed E-state index contributed by atoms with van der Waals surface area (Å²) in [6.07, 6.45) is 3.74. The Bertz CT molecular complexity index is 671. The fourth-order valence-corrected chi connectivity index (χ4v) is 3.52. The highest BCUT2D eigenvalue weighted by Crippen LogP contribution is 2.33. The average molecular weight is 309 g/mol. The van der Waals surface area contributed by atoms with Gasteiger partial charge in [-0.15, -0.1) is 0 Å². The number of para-hydroxylation sites is 1. The summed E-state index contributed by atoms with van der Waals surface area (Å²) in [5, 5.41) is 6.99. The van der Waals surface area contributed by atoms with Crippen LogP contribution in [0.5, 0.6) is 0 Å². The lowest BCUT2D eigenvalue weighted by Crippen LogP contribution is -2.62. The van der Waals surface area contributed by atoms with Gasteiger partial charge in [0, 0.05) is 30.4 Å². The highest BCUT2D eigenvalue weighted by molar-refractivity contribution is 5.59. The largest absolute Gasteiger partial charge is 0.356 e. The maximum absolute atomic E-state index is 4.65. The summed E-state index contributed by atoms with van der Waals surface area (Å²) < 4.78 is 0. The van der Waals surface area contributed by atoms with Crippen LogP contribution in [-0.2, 0) is 0 Å². The Morgan fingerprint density at radius 1 is 1.09 bits per heavy atom. The summed E-state index contributed by atoms with van der Waals surface area (Å²) in [4.78, 5) is 11.5. The van der Waals surface area contributed by atoms with Crippen LogP contribution in [0.2, 0.25) is 0 Å². The molecule has 2 aliphatic rings. The molecular formula is C18H23N5. The zero-order chi connectivity index (χ0) is 15.7. The Balaban J connectivity index is 1.50. The van der Waals surface area contributed by atoms with Crippen molar-refractivity contribution >= 4 is 17.3 Å². The molecule has 0 atom stereocenters. The van der Waals surface area contributed by atoms with Gasteiger partial charge < -0.3 is 15.5 Å². The summed E-state index contributed by atoms with van der Waals surface area (Å²) in [5.41, 5.74) is 1.47. The van der Waals surface area contributed by atoms with E-state index in [-0.39, 0.29) is 0 Å². The lowest BCUT2D eigenvalue weighted by molar-refractivity contribution is 0.163. The second-order valence-corrected chi connectivity index (χ2v) is 6.59. The number of piperidine rings is 1. The van der Waals surface area contributed by atoms with Gasteiger partial charge in [-0.3, -0.25) is 0 Å². The molecule has 0 amide bonds. The van der Waals surface area contributed by atoms with E-state index in [4.69, 9.17) is 0 Å². The number of hydrogen-bond donors (Lipinski definition) is 2. The number of rotatable bonds is 3. The predicted octanol–water partition coefficient (Wildman–Crippen LogP) is 2.86. The molecule has 2 aromatic rings. The summed E-state index contributed by atoms with van der Waals surface area (Å²) >= 11 is 0. The number of benzene rings is 1. The van der Waals surface area contributed by atoms with Crippen molar-refractivity contribution in [3.63, 3.8) is 0 Å². The van der Waals surface area contributed by atoms with Crippen LogP contribution in [0.3, 0.4) is 0 Å². The van der Waals surface area contributed by atoms with Gasteiger partial charge in [0.25, 0.3) is 0 Å². The molecule has 2 N–H and O–H groups in total. The molecule has 2 fully saturated rings. The van der Waals surface area contributed by atoms with E-state index >= 15 is 0 Å². The van der Waals surface area contributed by atoms with Crippen molar-refractivity contribution < 1.29 is 0 Å². The summed E-state index contributed by atoms with van der Waals surface area (Å²) in [6, 6.07) is 12.2. The predicted molar refractivity (Wildman–Crippen MR) is 93.3 cm³/mol. The molecule has 0 bridgehead atoms. The smallest absolute Gasteiger partial charge is 0.136 e. The van der Waals surface area contributed by atoms with E-state index < -0.39 is 0 Å². The van der Waals surface area contributed by atoms with E-state index in [1.165, 1.54) is 25.8 Å². The van der Waals surface area contributed by atoms with Crippen LogP contribution in [0.25, 0.3) is 0 Å². The topological polar surface area (TPSA) is 53.1 Å². The van der Waals surface area contributed by atoms with Crippen LogP contribution in [0, 0.1) is 6.92 Å². The molecule has 3 heterocycles. The maximum atomic E-state index is 4.65. The van der Waals surface area contributed by atoms with Gasteiger partial charge in [0.2, 0.25) is 0 Å². The third kappa shape index (κ3) is 3.01. The molecule has 1 aromatic carbocycles. The fraction of sp³-hybridized carbons (Fsp3) is 0.444. The van der Waals surface area contributed by atoms with Crippen LogP contribution < -0.4 is 15.5 Å². The zero-order valence-corrected chi connectivity index (χ0v) is 13.5. The first-order chi connectivity index (χ1) is 11.2. The first-order valence-corrected chi connectivity index (χ1v) is 8.40. The van der Waals surface area contributed by atoms with Gasteiger partial charge in [-0.1, -0.05) is 18.2 Å². The minimum Gasteiger partial charge on any atom is -0.356 e. The number of nitrogens with one attached hydrogen (secondary N) is 2. The van der Waals surface area contributed by atoms with E-state index in [2.05, 4.69) is 31.6 Å². The Kier molecular flexibility index (Phi) is 3.65. The van der Waals surface area contributed by atoms with Crippen molar-refractivity contribution in [2.75, 3.05) is 29.9 Å². The van der Waals surface area contributed by atoms with E-state index in [0.717, 1.165) is 36.2 Å². The maximum Gasteiger partial charge on any atom is 0.136 e. The van der Waals surface area contributed by atoms with Gasteiger partial charge in [-0.05, 0) is 44.9 Å². The van der Waals surface area contributed by atoms with Gasteiger partial charge in [0.05, 0.1) is 0 Å². The van der Waals surface area contributed by atoms with Crippen molar-refractivity contribution in [1.82, 2.24) is 15.3 Å². The molecule has 2 saturated heterocycles. The zero-order valence-electron chi connectivity index (χ0n) is 13.5. The van der Waals surface area contributed by atoms with Crippen LogP contribution in [0.1, 0.15) is 25.1 Å². The highest BCUT2D eigenvalue weighted by Gasteiger charge is 2.39. The third-order valence-electron chi connectivity index (χ3n) is 5.02.